The monoisotopic (exact) mass is 382 g/mol. The maximum atomic E-state index is 3.76. The molecule has 2 heteroatoms. The molecule has 0 saturated heterocycles. The van der Waals surface area contributed by atoms with Gasteiger partial charge in [0.1, 0.15) is 0 Å². The molecule has 28 heavy (non-hydrogen) atoms. The van der Waals surface area contributed by atoms with Crippen molar-refractivity contribution in [2.75, 3.05) is 10.6 Å². The summed E-state index contributed by atoms with van der Waals surface area (Å²) in [6.45, 7) is 9.17. The zero-order valence-corrected chi connectivity index (χ0v) is 18.7. The SMILES string of the molecule is CCCCCC[C@@H](C)Nc1cccc2c(N[C@H](C)CCCCCC)cccc12. The lowest BCUT2D eigenvalue weighted by Crippen LogP contribution is -2.16. The summed E-state index contributed by atoms with van der Waals surface area (Å²) >= 11 is 0. The lowest BCUT2D eigenvalue weighted by molar-refractivity contribution is 0.594. The molecule has 2 rings (SSSR count). The highest BCUT2D eigenvalue weighted by molar-refractivity contribution is 6.01. The number of unbranched alkanes of at least 4 members (excludes halogenated alkanes) is 6. The zero-order chi connectivity index (χ0) is 20.2. The average Bonchev–Trinajstić information content (AvgIpc) is 2.69. The summed E-state index contributed by atoms with van der Waals surface area (Å²) in [5.74, 6) is 0. The van der Waals surface area contributed by atoms with Crippen LogP contribution in [-0.2, 0) is 0 Å². The fourth-order valence-corrected chi connectivity index (χ4v) is 3.99. The van der Waals surface area contributed by atoms with E-state index in [2.05, 4.69) is 74.7 Å². The van der Waals surface area contributed by atoms with Gasteiger partial charge in [0.05, 0.1) is 0 Å². The third-order valence-corrected chi connectivity index (χ3v) is 5.71. The van der Waals surface area contributed by atoms with E-state index in [-0.39, 0.29) is 0 Å². The van der Waals surface area contributed by atoms with Crippen LogP contribution in [0.4, 0.5) is 11.4 Å². The van der Waals surface area contributed by atoms with Crippen molar-refractivity contribution >= 4 is 22.1 Å². The van der Waals surface area contributed by atoms with Crippen molar-refractivity contribution in [2.45, 2.75) is 104 Å². The molecule has 0 aromatic heterocycles. The molecule has 0 fully saturated rings. The second-order valence-electron chi connectivity index (χ2n) is 8.50. The van der Waals surface area contributed by atoms with Crippen molar-refractivity contribution in [1.29, 1.82) is 0 Å². The van der Waals surface area contributed by atoms with Gasteiger partial charge in [-0.2, -0.15) is 0 Å². The summed E-state index contributed by atoms with van der Waals surface area (Å²) in [6, 6.07) is 14.3. The van der Waals surface area contributed by atoms with Gasteiger partial charge in [-0.3, -0.25) is 0 Å². The number of benzene rings is 2. The maximum absolute atomic E-state index is 3.76. The number of anilines is 2. The number of fused-ring (bicyclic) bond motifs is 1. The molecular formula is C26H42N2. The quantitative estimate of drug-likeness (QED) is 0.321. The highest BCUT2D eigenvalue weighted by Crippen LogP contribution is 2.30. The summed E-state index contributed by atoms with van der Waals surface area (Å²) in [7, 11) is 0. The first-order valence-electron chi connectivity index (χ1n) is 11.7. The van der Waals surface area contributed by atoms with Crippen molar-refractivity contribution in [3.8, 4) is 0 Å². The standard InChI is InChI=1S/C26H42N2/c1-5-7-9-11-15-21(3)27-25-19-13-18-24-23(25)17-14-20-26(24)28-22(4)16-12-10-8-6-2/h13-14,17-22,27-28H,5-12,15-16H2,1-4H3/t21-,22-/m1/s1. The molecule has 0 saturated carbocycles. The van der Waals surface area contributed by atoms with Gasteiger partial charge in [-0.1, -0.05) is 89.5 Å². The Balaban J connectivity index is 2.01. The van der Waals surface area contributed by atoms with Crippen molar-refractivity contribution in [2.24, 2.45) is 0 Å². The van der Waals surface area contributed by atoms with Gasteiger partial charge >= 0.3 is 0 Å². The lowest BCUT2D eigenvalue weighted by atomic mass is 10.0. The lowest BCUT2D eigenvalue weighted by Gasteiger charge is -2.20. The van der Waals surface area contributed by atoms with E-state index in [1.807, 2.05) is 0 Å². The number of hydrogen-bond acceptors (Lipinski definition) is 2. The molecule has 2 aromatic carbocycles. The van der Waals surface area contributed by atoms with Gasteiger partial charge in [-0.05, 0) is 38.8 Å². The van der Waals surface area contributed by atoms with Crippen LogP contribution >= 0.6 is 0 Å². The number of hydrogen-bond donors (Lipinski definition) is 2. The summed E-state index contributed by atoms with van der Waals surface area (Å²) < 4.78 is 0. The largest absolute Gasteiger partial charge is 0.382 e. The van der Waals surface area contributed by atoms with Crippen molar-refractivity contribution < 1.29 is 0 Å². The maximum Gasteiger partial charge on any atom is 0.0422 e. The van der Waals surface area contributed by atoms with Gasteiger partial charge in [-0.25, -0.2) is 0 Å². The Morgan fingerprint density at radius 3 is 1.43 bits per heavy atom. The number of rotatable bonds is 14. The molecule has 0 aliphatic rings. The van der Waals surface area contributed by atoms with Crippen LogP contribution in [-0.4, -0.2) is 12.1 Å². The first-order valence-corrected chi connectivity index (χ1v) is 11.7. The smallest absolute Gasteiger partial charge is 0.0422 e. The van der Waals surface area contributed by atoms with E-state index in [0.717, 1.165) is 0 Å². The van der Waals surface area contributed by atoms with Crippen LogP contribution in [0.15, 0.2) is 36.4 Å². The van der Waals surface area contributed by atoms with Crippen LogP contribution in [0.3, 0.4) is 0 Å². The van der Waals surface area contributed by atoms with Crippen LogP contribution in [0, 0.1) is 0 Å². The Morgan fingerprint density at radius 1 is 0.607 bits per heavy atom. The van der Waals surface area contributed by atoms with Crippen LogP contribution in [0.5, 0.6) is 0 Å². The first kappa shape index (κ1) is 22.6. The Hall–Kier alpha value is -1.70. The zero-order valence-electron chi connectivity index (χ0n) is 18.7. The molecule has 0 amide bonds. The normalized spacial score (nSPS) is 13.4. The molecule has 2 aromatic rings. The van der Waals surface area contributed by atoms with E-state index in [1.165, 1.54) is 86.4 Å². The van der Waals surface area contributed by atoms with Gasteiger partial charge in [0.2, 0.25) is 0 Å². The molecule has 0 spiro atoms. The minimum absolute atomic E-state index is 0.511. The minimum Gasteiger partial charge on any atom is -0.382 e. The van der Waals surface area contributed by atoms with Crippen molar-refractivity contribution in [3.05, 3.63) is 36.4 Å². The molecule has 0 aliphatic heterocycles. The van der Waals surface area contributed by atoms with Gasteiger partial charge in [0, 0.05) is 34.2 Å². The van der Waals surface area contributed by atoms with E-state index in [9.17, 15) is 0 Å². The van der Waals surface area contributed by atoms with Gasteiger partial charge in [0.15, 0.2) is 0 Å². The Morgan fingerprint density at radius 2 is 1.04 bits per heavy atom. The molecule has 2 atom stereocenters. The van der Waals surface area contributed by atoms with Gasteiger partial charge in [-0.15, -0.1) is 0 Å². The van der Waals surface area contributed by atoms with E-state index < -0.39 is 0 Å². The predicted octanol–water partition coefficient (Wildman–Crippen LogP) is 8.38. The molecule has 2 nitrogen and oxygen atoms in total. The fraction of sp³-hybridized carbons (Fsp3) is 0.615. The molecule has 2 N–H and O–H groups in total. The topological polar surface area (TPSA) is 24.1 Å². The van der Waals surface area contributed by atoms with Gasteiger partial charge < -0.3 is 10.6 Å². The van der Waals surface area contributed by atoms with E-state index in [4.69, 9.17) is 0 Å². The van der Waals surface area contributed by atoms with Gasteiger partial charge in [0.25, 0.3) is 0 Å². The average molecular weight is 383 g/mol. The molecule has 0 radical (unpaired) electrons. The molecule has 0 bridgehead atoms. The minimum atomic E-state index is 0.511. The molecule has 0 unspecified atom stereocenters. The third-order valence-electron chi connectivity index (χ3n) is 5.71. The van der Waals surface area contributed by atoms with Crippen LogP contribution in [0.2, 0.25) is 0 Å². The van der Waals surface area contributed by atoms with Crippen LogP contribution < -0.4 is 10.6 Å². The highest BCUT2D eigenvalue weighted by Gasteiger charge is 2.09. The second-order valence-corrected chi connectivity index (χ2v) is 8.50. The first-order chi connectivity index (χ1) is 13.7. The number of nitrogens with one attached hydrogen (secondary N) is 2. The Kier molecular flexibility index (Phi) is 10.2. The van der Waals surface area contributed by atoms with Crippen LogP contribution in [0.1, 0.15) is 91.9 Å². The summed E-state index contributed by atoms with van der Waals surface area (Å²) in [6.07, 6.45) is 13.1. The van der Waals surface area contributed by atoms with E-state index in [0.29, 0.717) is 12.1 Å². The molecular weight excluding hydrogens is 340 g/mol. The Labute approximate surface area is 173 Å². The summed E-state index contributed by atoms with van der Waals surface area (Å²) in [5, 5.41) is 10.2. The highest BCUT2D eigenvalue weighted by atomic mass is 14.9. The predicted molar refractivity (Wildman–Crippen MR) is 128 cm³/mol. The van der Waals surface area contributed by atoms with E-state index >= 15 is 0 Å². The fourth-order valence-electron chi connectivity index (χ4n) is 3.99. The van der Waals surface area contributed by atoms with Crippen LogP contribution in [0.25, 0.3) is 10.8 Å². The van der Waals surface area contributed by atoms with E-state index in [1.54, 1.807) is 0 Å². The van der Waals surface area contributed by atoms with Crippen molar-refractivity contribution in [3.63, 3.8) is 0 Å². The molecule has 0 heterocycles. The second kappa shape index (κ2) is 12.7. The summed E-state index contributed by atoms with van der Waals surface area (Å²) in [5.41, 5.74) is 2.53. The molecule has 156 valence electrons. The van der Waals surface area contributed by atoms with Crippen molar-refractivity contribution in [1.82, 2.24) is 0 Å². The Bertz CT molecular complexity index is 620. The molecule has 0 aliphatic carbocycles. The third kappa shape index (κ3) is 7.37. The summed E-state index contributed by atoms with van der Waals surface area (Å²) in [4.78, 5) is 0.